The fraction of sp³-hybridized carbons (Fsp3) is 1.00. The first kappa shape index (κ1) is 7.64. The second-order valence-corrected chi connectivity index (χ2v) is 5.26. The Bertz CT molecular complexity index is 184. The van der Waals surface area contributed by atoms with Gasteiger partial charge in [-0.15, -0.1) is 0 Å². The Hall–Kier alpha value is 0. The Morgan fingerprint density at radius 3 is 2.18 bits per heavy atom. The minimum absolute atomic E-state index is 0.724. The standard InChI is InChI=1S/C11H20/c1-5-9-7-10(3)6-8(2)11(9,10)4/h8-9H,5-7H2,1-4H3. The summed E-state index contributed by atoms with van der Waals surface area (Å²) in [5.74, 6) is 2.03. The zero-order valence-corrected chi connectivity index (χ0v) is 8.28. The van der Waals surface area contributed by atoms with E-state index in [0.29, 0.717) is 0 Å². The maximum Gasteiger partial charge on any atom is -0.0217 e. The smallest absolute Gasteiger partial charge is 0.0217 e. The summed E-state index contributed by atoms with van der Waals surface area (Å²) in [6.45, 7) is 9.78. The summed E-state index contributed by atoms with van der Waals surface area (Å²) in [6.07, 6.45) is 4.39. The molecule has 0 spiro atoms. The summed E-state index contributed by atoms with van der Waals surface area (Å²) in [5.41, 5.74) is 1.47. The van der Waals surface area contributed by atoms with Gasteiger partial charge < -0.3 is 0 Å². The van der Waals surface area contributed by atoms with Gasteiger partial charge in [0.15, 0.2) is 0 Å². The van der Waals surface area contributed by atoms with E-state index in [4.69, 9.17) is 0 Å². The fourth-order valence-corrected chi connectivity index (χ4v) is 3.96. The van der Waals surface area contributed by atoms with E-state index in [0.717, 1.165) is 22.7 Å². The third-order valence-corrected chi connectivity index (χ3v) is 5.12. The van der Waals surface area contributed by atoms with Crippen molar-refractivity contribution in [1.29, 1.82) is 0 Å². The van der Waals surface area contributed by atoms with Gasteiger partial charge in [-0.25, -0.2) is 0 Å². The average Bonchev–Trinajstić information content (AvgIpc) is 1.99. The first-order chi connectivity index (χ1) is 5.04. The molecule has 0 heteroatoms. The number of rotatable bonds is 1. The van der Waals surface area contributed by atoms with Gasteiger partial charge >= 0.3 is 0 Å². The topological polar surface area (TPSA) is 0 Å². The molecule has 0 radical (unpaired) electrons. The first-order valence-electron chi connectivity index (χ1n) is 5.04. The lowest BCUT2D eigenvalue weighted by Gasteiger charge is -2.74. The maximum atomic E-state index is 2.51. The lowest BCUT2D eigenvalue weighted by Crippen LogP contribution is -2.67. The zero-order chi connectivity index (χ0) is 8.28. The van der Waals surface area contributed by atoms with Crippen LogP contribution in [0.5, 0.6) is 0 Å². The van der Waals surface area contributed by atoms with E-state index in [9.17, 15) is 0 Å². The monoisotopic (exact) mass is 152 g/mol. The molecule has 2 saturated carbocycles. The summed E-state index contributed by atoms with van der Waals surface area (Å²) in [7, 11) is 0. The molecule has 4 unspecified atom stereocenters. The highest BCUT2D eigenvalue weighted by Crippen LogP contribution is 2.76. The number of hydrogen-bond donors (Lipinski definition) is 0. The molecule has 2 fully saturated rings. The maximum absolute atomic E-state index is 2.51. The van der Waals surface area contributed by atoms with Crippen LogP contribution in [0.4, 0.5) is 0 Å². The van der Waals surface area contributed by atoms with Gasteiger partial charge in [0.05, 0.1) is 0 Å². The van der Waals surface area contributed by atoms with Gasteiger partial charge in [0.25, 0.3) is 0 Å². The summed E-state index contributed by atoms with van der Waals surface area (Å²) < 4.78 is 0. The van der Waals surface area contributed by atoms with E-state index in [2.05, 4.69) is 27.7 Å². The molecule has 2 rings (SSSR count). The molecular weight excluding hydrogens is 132 g/mol. The summed E-state index contributed by atoms with van der Waals surface area (Å²) >= 11 is 0. The molecule has 0 aromatic rings. The number of fused-ring (bicyclic) bond motifs is 1. The molecule has 0 aromatic carbocycles. The molecule has 0 aromatic heterocycles. The van der Waals surface area contributed by atoms with E-state index in [1.54, 1.807) is 0 Å². The Labute approximate surface area is 70.4 Å². The van der Waals surface area contributed by atoms with Crippen LogP contribution < -0.4 is 0 Å². The fourth-order valence-electron chi connectivity index (χ4n) is 3.96. The van der Waals surface area contributed by atoms with Crippen LogP contribution in [-0.4, -0.2) is 0 Å². The SMILES string of the molecule is CCC1CC2(C)CC(C)C12C. The van der Waals surface area contributed by atoms with Gasteiger partial charge in [0.2, 0.25) is 0 Å². The van der Waals surface area contributed by atoms with Gasteiger partial charge in [0.1, 0.15) is 0 Å². The molecule has 4 atom stereocenters. The van der Waals surface area contributed by atoms with Crippen molar-refractivity contribution in [2.75, 3.05) is 0 Å². The molecule has 0 heterocycles. The quantitative estimate of drug-likeness (QED) is 0.539. The highest BCUT2D eigenvalue weighted by Gasteiger charge is 2.68. The predicted octanol–water partition coefficient (Wildman–Crippen LogP) is 3.47. The molecule has 64 valence electrons. The molecule has 0 aliphatic heterocycles. The van der Waals surface area contributed by atoms with E-state index in [-0.39, 0.29) is 0 Å². The van der Waals surface area contributed by atoms with Crippen LogP contribution in [0, 0.1) is 22.7 Å². The van der Waals surface area contributed by atoms with Crippen LogP contribution in [-0.2, 0) is 0 Å². The largest absolute Gasteiger partial charge is 0.0651 e. The van der Waals surface area contributed by atoms with Crippen molar-refractivity contribution in [3.63, 3.8) is 0 Å². The van der Waals surface area contributed by atoms with Crippen molar-refractivity contribution < 1.29 is 0 Å². The van der Waals surface area contributed by atoms with E-state index in [1.807, 2.05) is 0 Å². The van der Waals surface area contributed by atoms with Crippen molar-refractivity contribution in [2.24, 2.45) is 22.7 Å². The van der Waals surface area contributed by atoms with Gasteiger partial charge in [0, 0.05) is 0 Å². The van der Waals surface area contributed by atoms with Gasteiger partial charge in [-0.1, -0.05) is 34.1 Å². The molecule has 2 aliphatic carbocycles. The van der Waals surface area contributed by atoms with Crippen LogP contribution >= 0.6 is 0 Å². The highest BCUT2D eigenvalue weighted by molar-refractivity contribution is 5.17. The lowest BCUT2D eigenvalue weighted by molar-refractivity contribution is -0.253. The highest BCUT2D eigenvalue weighted by atomic mass is 14.7. The van der Waals surface area contributed by atoms with Crippen LogP contribution in [0.15, 0.2) is 0 Å². The minimum atomic E-state index is 0.724. The average molecular weight is 152 g/mol. The van der Waals surface area contributed by atoms with Crippen LogP contribution in [0.1, 0.15) is 47.0 Å². The normalized spacial score (nSPS) is 61.1. The molecule has 2 aliphatic rings. The molecule has 0 bridgehead atoms. The molecular formula is C11H20. The summed E-state index contributed by atoms with van der Waals surface area (Å²) in [4.78, 5) is 0. The molecule has 0 saturated heterocycles. The van der Waals surface area contributed by atoms with Gasteiger partial charge in [-0.3, -0.25) is 0 Å². The summed E-state index contributed by atoms with van der Waals surface area (Å²) in [5, 5.41) is 0. The zero-order valence-electron chi connectivity index (χ0n) is 8.28. The van der Waals surface area contributed by atoms with Crippen molar-refractivity contribution in [1.82, 2.24) is 0 Å². The molecule has 0 amide bonds. The summed E-state index contributed by atoms with van der Waals surface area (Å²) in [6, 6.07) is 0. The van der Waals surface area contributed by atoms with Crippen LogP contribution in [0.3, 0.4) is 0 Å². The van der Waals surface area contributed by atoms with Crippen LogP contribution in [0.2, 0.25) is 0 Å². The van der Waals surface area contributed by atoms with E-state index >= 15 is 0 Å². The van der Waals surface area contributed by atoms with Crippen molar-refractivity contribution in [3.05, 3.63) is 0 Å². The third kappa shape index (κ3) is 0.588. The number of hydrogen-bond acceptors (Lipinski definition) is 0. The van der Waals surface area contributed by atoms with Crippen LogP contribution in [0.25, 0.3) is 0 Å². The lowest BCUT2D eigenvalue weighted by atomic mass is 9.31. The molecule has 0 nitrogen and oxygen atoms in total. The second-order valence-electron chi connectivity index (χ2n) is 5.26. The van der Waals surface area contributed by atoms with Crippen molar-refractivity contribution in [2.45, 2.75) is 47.0 Å². The van der Waals surface area contributed by atoms with E-state index < -0.39 is 0 Å². The predicted molar refractivity (Wildman–Crippen MR) is 48.4 cm³/mol. The Kier molecular flexibility index (Phi) is 1.28. The molecule has 0 N–H and O–H groups in total. The van der Waals surface area contributed by atoms with Gasteiger partial charge in [-0.2, -0.15) is 0 Å². The third-order valence-electron chi connectivity index (χ3n) is 5.12. The van der Waals surface area contributed by atoms with Crippen molar-refractivity contribution in [3.8, 4) is 0 Å². The first-order valence-corrected chi connectivity index (χ1v) is 5.04. The minimum Gasteiger partial charge on any atom is -0.0651 e. The Morgan fingerprint density at radius 2 is 1.91 bits per heavy atom. The Morgan fingerprint density at radius 1 is 1.27 bits per heavy atom. The Balaban J connectivity index is 2.17. The van der Waals surface area contributed by atoms with E-state index in [1.165, 1.54) is 19.3 Å². The van der Waals surface area contributed by atoms with Gasteiger partial charge in [-0.05, 0) is 35.5 Å². The molecule has 11 heavy (non-hydrogen) atoms. The second kappa shape index (κ2) is 1.84. The van der Waals surface area contributed by atoms with Crippen molar-refractivity contribution >= 4 is 0 Å².